The second-order valence-corrected chi connectivity index (χ2v) is 7.93. The van der Waals surface area contributed by atoms with Gasteiger partial charge in [0.1, 0.15) is 10.8 Å². The van der Waals surface area contributed by atoms with Crippen LogP contribution in [-0.4, -0.2) is 71.1 Å². The van der Waals surface area contributed by atoms with Crippen LogP contribution in [0.4, 0.5) is 10.1 Å². The summed E-state index contributed by atoms with van der Waals surface area (Å²) < 4.78 is 12.9. The summed E-state index contributed by atoms with van der Waals surface area (Å²) >= 11 is 1.25. The minimum atomic E-state index is -0.358. The molecule has 0 spiro atoms. The van der Waals surface area contributed by atoms with Crippen LogP contribution in [0.3, 0.4) is 0 Å². The van der Waals surface area contributed by atoms with E-state index in [2.05, 4.69) is 30.6 Å². The van der Waals surface area contributed by atoms with Gasteiger partial charge in [0.05, 0.1) is 13.1 Å². The summed E-state index contributed by atoms with van der Waals surface area (Å²) in [5, 5.41) is 14.7. The zero-order valence-corrected chi connectivity index (χ0v) is 17.2. The van der Waals surface area contributed by atoms with E-state index in [9.17, 15) is 14.0 Å². The van der Waals surface area contributed by atoms with E-state index in [4.69, 9.17) is 0 Å². The molecule has 10 heteroatoms. The fourth-order valence-electron chi connectivity index (χ4n) is 2.95. The van der Waals surface area contributed by atoms with Gasteiger partial charge in [0, 0.05) is 38.4 Å². The molecule has 0 unspecified atom stereocenters. The number of hydrogen-bond donors (Lipinski definition) is 2. The van der Waals surface area contributed by atoms with Crippen LogP contribution in [0.1, 0.15) is 28.2 Å². The van der Waals surface area contributed by atoms with Gasteiger partial charge < -0.3 is 10.6 Å². The predicted molar refractivity (Wildman–Crippen MR) is 109 cm³/mol. The first kappa shape index (κ1) is 21.3. The Morgan fingerprint density at radius 1 is 1.10 bits per heavy atom. The number of amides is 2. The van der Waals surface area contributed by atoms with Gasteiger partial charge in [0.15, 0.2) is 0 Å². The molecule has 1 aromatic carbocycles. The predicted octanol–water partition coefficient (Wildman–Crippen LogP) is 1.57. The molecule has 2 heterocycles. The number of piperazine rings is 1. The van der Waals surface area contributed by atoms with Crippen LogP contribution in [0.2, 0.25) is 0 Å². The number of benzene rings is 1. The van der Waals surface area contributed by atoms with Gasteiger partial charge in [0.25, 0.3) is 5.91 Å². The van der Waals surface area contributed by atoms with E-state index in [0.717, 1.165) is 37.6 Å². The number of rotatable bonds is 8. The number of anilines is 1. The Labute approximate surface area is 173 Å². The van der Waals surface area contributed by atoms with Crippen molar-refractivity contribution in [3.63, 3.8) is 0 Å². The van der Waals surface area contributed by atoms with Gasteiger partial charge in [-0.2, -0.15) is 0 Å². The van der Waals surface area contributed by atoms with Gasteiger partial charge in [-0.15, -0.1) is 10.2 Å². The van der Waals surface area contributed by atoms with Gasteiger partial charge in [0.2, 0.25) is 10.9 Å². The third-order valence-electron chi connectivity index (χ3n) is 4.53. The Balaban J connectivity index is 1.44. The van der Waals surface area contributed by atoms with Crippen LogP contribution in [-0.2, 0) is 11.3 Å². The molecule has 0 radical (unpaired) electrons. The highest BCUT2D eigenvalue weighted by atomic mass is 32.1. The Hall–Kier alpha value is -2.43. The summed E-state index contributed by atoms with van der Waals surface area (Å²) in [6.07, 6.45) is 0.936. The lowest BCUT2D eigenvalue weighted by Crippen LogP contribution is -2.49. The largest absolute Gasteiger partial charge is 0.355 e. The molecule has 2 N–H and O–H groups in total. The van der Waals surface area contributed by atoms with Crippen molar-refractivity contribution in [3.8, 4) is 0 Å². The Morgan fingerprint density at radius 3 is 2.48 bits per heavy atom. The highest BCUT2D eigenvalue weighted by Crippen LogP contribution is 2.16. The van der Waals surface area contributed by atoms with Crippen molar-refractivity contribution in [2.24, 2.45) is 0 Å². The van der Waals surface area contributed by atoms with E-state index in [0.29, 0.717) is 25.3 Å². The monoisotopic (exact) mass is 420 g/mol. The van der Waals surface area contributed by atoms with Crippen molar-refractivity contribution < 1.29 is 14.0 Å². The molecule has 29 heavy (non-hydrogen) atoms. The summed E-state index contributed by atoms with van der Waals surface area (Å²) in [5.41, 5.74) is 0.507. The van der Waals surface area contributed by atoms with Crippen molar-refractivity contribution >= 4 is 28.8 Å². The first-order valence-corrected chi connectivity index (χ1v) is 10.5. The van der Waals surface area contributed by atoms with Crippen molar-refractivity contribution in [1.82, 2.24) is 25.3 Å². The van der Waals surface area contributed by atoms with E-state index in [-0.39, 0.29) is 22.6 Å². The molecule has 2 amide bonds. The van der Waals surface area contributed by atoms with Crippen molar-refractivity contribution in [2.45, 2.75) is 19.9 Å². The number of carbonyl (C=O) groups excluding carboxylic acids is 2. The molecule has 2 aromatic rings. The van der Waals surface area contributed by atoms with Crippen LogP contribution in [0.25, 0.3) is 0 Å². The quantitative estimate of drug-likeness (QED) is 0.674. The molecule has 0 bridgehead atoms. The first-order valence-electron chi connectivity index (χ1n) is 9.64. The smallest absolute Gasteiger partial charge is 0.286 e. The van der Waals surface area contributed by atoms with Crippen LogP contribution in [0.5, 0.6) is 0 Å². The van der Waals surface area contributed by atoms with Crippen LogP contribution >= 0.6 is 11.3 Å². The number of nitrogens with zero attached hydrogens (tertiary/aromatic N) is 4. The lowest BCUT2D eigenvalue weighted by molar-refractivity contribution is -0.122. The third kappa shape index (κ3) is 6.55. The fourth-order valence-corrected chi connectivity index (χ4v) is 3.72. The second-order valence-electron chi connectivity index (χ2n) is 6.86. The van der Waals surface area contributed by atoms with Gasteiger partial charge >= 0.3 is 0 Å². The number of halogens is 1. The molecular weight excluding hydrogens is 395 g/mol. The maximum absolute atomic E-state index is 12.9. The maximum atomic E-state index is 12.9. The molecule has 0 saturated carbocycles. The summed E-state index contributed by atoms with van der Waals surface area (Å²) in [6, 6.07) is 5.57. The highest BCUT2D eigenvalue weighted by molar-refractivity contribution is 7.13. The first-order chi connectivity index (χ1) is 14.0. The molecule has 1 saturated heterocycles. The average Bonchev–Trinajstić information content (AvgIpc) is 3.18. The topological polar surface area (TPSA) is 90.5 Å². The highest BCUT2D eigenvalue weighted by Gasteiger charge is 2.21. The van der Waals surface area contributed by atoms with E-state index < -0.39 is 0 Å². The molecule has 1 aliphatic rings. The van der Waals surface area contributed by atoms with E-state index in [1.54, 1.807) is 0 Å². The van der Waals surface area contributed by atoms with Gasteiger partial charge in [-0.1, -0.05) is 18.3 Å². The molecule has 156 valence electrons. The molecule has 1 aliphatic heterocycles. The number of aromatic nitrogens is 2. The second kappa shape index (κ2) is 10.4. The van der Waals surface area contributed by atoms with Crippen LogP contribution < -0.4 is 10.6 Å². The zero-order valence-electron chi connectivity index (χ0n) is 16.4. The SMILES string of the molecule is CCCNC(=O)CN1CCN(Cc2nnc(C(=O)Nc3ccc(F)cc3)s2)CC1. The molecule has 1 fully saturated rings. The summed E-state index contributed by atoms with van der Waals surface area (Å²) in [7, 11) is 0. The molecular formula is C19H25FN6O2S. The normalized spacial score (nSPS) is 15.2. The van der Waals surface area contributed by atoms with Crippen LogP contribution in [0.15, 0.2) is 24.3 Å². The van der Waals surface area contributed by atoms with Gasteiger partial charge in [-0.25, -0.2) is 4.39 Å². The van der Waals surface area contributed by atoms with Crippen molar-refractivity contribution in [1.29, 1.82) is 0 Å². The molecule has 3 rings (SSSR count). The molecule has 0 aliphatic carbocycles. The maximum Gasteiger partial charge on any atom is 0.286 e. The Kier molecular flexibility index (Phi) is 7.62. The van der Waals surface area contributed by atoms with E-state index >= 15 is 0 Å². The summed E-state index contributed by atoms with van der Waals surface area (Å²) in [6.45, 7) is 7.09. The zero-order chi connectivity index (χ0) is 20.6. The Bertz CT molecular complexity index is 820. The molecule has 1 aromatic heterocycles. The fraction of sp³-hybridized carbons (Fsp3) is 0.474. The van der Waals surface area contributed by atoms with E-state index in [1.165, 1.54) is 35.6 Å². The molecule has 8 nitrogen and oxygen atoms in total. The standard InChI is InChI=1S/C19H25FN6O2S/c1-2-7-21-16(27)12-25-8-10-26(11-9-25)13-17-23-24-19(29-17)18(28)22-15-5-3-14(20)4-6-15/h3-6H,2,7-13H2,1H3,(H,21,27)(H,22,28). The minimum Gasteiger partial charge on any atom is -0.355 e. The van der Waals surface area contributed by atoms with Crippen LogP contribution in [0, 0.1) is 5.82 Å². The van der Waals surface area contributed by atoms with E-state index in [1.807, 2.05) is 6.92 Å². The number of carbonyl (C=O) groups is 2. The minimum absolute atomic E-state index is 0.0706. The lowest BCUT2D eigenvalue weighted by Gasteiger charge is -2.33. The molecule has 0 atom stereocenters. The van der Waals surface area contributed by atoms with Crippen molar-refractivity contribution in [3.05, 3.63) is 40.1 Å². The van der Waals surface area contributed by atoms with Gasteiger partial charge in [-0.05, 0) is 30.7 Å². The number of hydrogen-bond acceptors (Lipinski definition) is 7. The summed E-state index contributed by atoms with van der Waals surface area (Å²) in [5.74, 6) is -0.646. The Morgan fingerprint density at radius 2 is 1.79 bits per heavy atom. The lowest BCUT2D eigenvalue weighted by atomic mass is 10.3. The summed E-state index contributed by atoms with van der Waals surface area (Å²) in [4.78, 5) is 28.5. The van der Waals surface area contributed by atoms with Gasteiger partial charge in [-0.3, -0.25) is 19.4 Å². The number of nitrogens with one attached hydrogen (secondary N) is 2. The average molecular weight is 421 g/mol. The third-order valence-corrected chi connectivity index (χ3v) is 5.43. The van der Waals surface area contributed by atoms with Crippen molar-refractivity contribution in [2.75, 3.05) is 44.6 Å².